The average Bonchev–Trinajstić information content (AvgIpc) is 2.11. The Kier molecular flexibility index (Phi) is 1.07. The average molecular weight is 128 g/mol. The molecule has 0 aliphatic carbocycles. The molecule has 0 saturated carbocycles. The summed E-state index contributed by atoms with van der Waals surface area (Å²) in [6.45, 7) is 0.608. The molecule has 2 rings (SSSR count). The zero-order valence-corrected chi connectivity index (χ0v) is 5.00. The van der Waals surface area contributed by atoms with Crippen LogP contribution >= 0.6 is 0 Å². The fourth-order valence-corrected chi connectivity index (χ4v) is 1.25. The molecule has 9 heavy (non-hydrogen) atoms. The van der Waals surface area contributed by atoms with Crippen LogP contribution in [0.3, 0.4) is 0 Å². The van der Waals surface area contributed by atoms with Crippen LogP contribution < -0.4 is 0 Å². The van der Waals surface area contributed by atoms with E-state index in [4.69, 9.17) is 9.47 Å². The minimum Gasteiger partial charge on any atom is -0.349 e. The van der Waals surface area contributed by atoms with Gasteiger partial charge in [0.05, 0.1) is 19.1 Å². The Morgan fingerprint density at radius 2 is 2.33 bits per heavy atom. The van der Waals surface area contributed by atoms with Gasteiger partial charge < -0.3 is 9.47 Å². The molecule has 0 aromatic rings. The van der Waals surface area contributed by atoms with Crippen molar-refractivity contribution < 1.29 is 14.3 Å². The fourth-order valence-electron chi connectivity index (χ4n) is 1.25. The molecule has 3 heteroatoms. The van der Waals surface area contributed by atoms with Crippen LogP contribution in [0.4, 0.5) is 0 Å². The third-order valence-corrected chi connectivity index (χ3v) is 1.66. The highest BCUT2D eigenvalue weighted by molar-refractivity contribution is 5.80. The zero-order chi connectivity index (χ0) is 6.27. The zero-order valence-electron chi connectivity index (χ0n) is 5.00. The summed E-state index contributed by atoms with van der Waals surface area (Å²) in [6.07, 6.45) is 0.861. The van der Waals surface area contributed by atoms with Gasteiger partial charge in [-0.05, 0) is 0 Å². The maximum absolute atomic E-state index is 10.8. The van der Waals surface area contributed by atoms with Gasteiger partial charge in [-0.25, -0.2) is 0 Å². The van der Waals surface area contributed by atoms with E-state index in [1.54, 1.807) is 0 Å². The van der Waals surface area contributed by atoms with Crippen molar-refractivity contribution in [3.63, 3.8) is 0 Å². The Bertz CT molecular complexity index is 129. The Morgan fingerprint density at radius 1 is 1.44 bits per heavy atom. The van der Waals surface area contributed by atoms with Crippen LogP contribution in [0.15, 0.2) is 0 Å². The molecule has 0 aromatic carbocycles. The van der Waals surface area contributed by atoms with Crippen molar-refractivity contribution in [1.82, 2.24) is 0 Å². The van der Waals surface area contributed by atoms with Crippen LogP contribution in [-0.4, -0.2) is 24.8 Å². The molecule has 2 bridgehead atoms. The largest absolute Gasteiger partial charge is 0.349 e. The van der Waals surface area contributed by atoms with E-state index in [0.29, 0.717) is 19.4 Å². The Morgan fingerprint density at radius 3 is 3.11 bits per heavy atom. The standard InChI is InChI=1S/C6H8O3/c7-4-1-5-3-8-6(2-4)9-5/h5-6H,1-3H2. The third kappa shape index (κ3) is 0.862. The summed E-state index contributed by atoms with van der Waals surface area (Å²) in [6, 6.07) is 0. The molecule has 0 aromatic heterocycles. The minimum absolute atomic E-state index is 0.0660. The van der Waals surface area contributed by atoms with Crippen LogP contribution in [-0.2, 0) is 14.3 Å². The maximum atomic E-state index is 10.8. The molecule has 0 radical (unpaired) electrons. The van der Waals surface area contributed by atoms with Crippen molar-refractivity contribution in [3.05, 3.63) is 0 Å². The Balaban J connectivity index is 2.11. The number of ether oxygens (including phenoxy) is 2. The molecular formula is C6H8O3. The lowest BCUT2D eigenvalue weighted by Gasteiger charge is -2.15. The van der Waals surface area contributed by atoms with Gasteiger partial charge in [-0.15, -0.1) is 0 Å². The molecular weight excluding hydrogens is 120 g/mol. The van der Waals surface area contributed by atoms with Gasteiger partial charge in [0.15, 0.2) is 6.29 Å². The van der Waals surface area contributed by atoms with Crippen molar-refractivity contribution in [1.29, 1.82) is 0 Å². The lowest BCUT2D eigenvalue weighted by molar-refractivity contribution is -0.138. The van der Waals surface area contributed by atoms with E-state index >= 15 is 0 Å². The van der Waals surface area contributed by atoms with E-state index in [2.05, 4.69) is 0 Å². The van der Waals surface area contributed by atoms with Gasteiger partial charge in [-0.1, -0.05) is 0 Å². The van der Waals surface area contributed by atoms with Crippen molar-refractivity contribution >= 4 is 5.78 Å². The van der Waals surface area contributed by atoms with Crippen LogP contribution in [0.25, 0.3) is 0 Å². The lowest BCUT2D eigenvalue weighted by Crippen LogP contribution is -2.25. The fraction of sp³-hybridized carbons (Fsp3) is 0.833. The highest BCUT2D eigenvalue weighted by Gasteiger charge is 2.34. The number of hydrogen-bond acceptors (Lipinski definition) is 3. The summed E-state index contributed by atoms with van der Waals surface area (Å²) in [5.74, 6) is 0.272. The molecule has 2 heterocycles. The molecule has 0 spiro atoms. The first-order valence-electron chi connectivity index (χ1n) is 3.13. The number of hydrogen-bond donors (Lipinski definition) is 0. The normalized spacial score (nSPS) is 41.6. The molecule has 50 valence electrons. The first kappa shape index (κ1) is 5.38. The summed E-state index contributed by atoms with van der Waals surface area (Å²) in [4.78, 5) is 10.8. The smallest absolute Gasteiger partial charge is 0.165 e. The SMILES string of the molecule is O=C1CC2COC(C1)O2. The van der Waals surface area contributed by atoms with Gasteiger partial charge in [-0.3, -0.25) is 4.79 Å². The Hall–Kier alpha value is -0.410. The van der Waals surface area contributed by atoms with Crippen molar-refractivity contribution in [2.45, 2.75) is 25.2 Å². The number of carbonyl (C=O) groups is 1. The van der Waals surface area contributed by atoms with Crippen molar-refractivity contribution in [3.8, 4) is 0 Å². The molecule has 2 saturated heterocycles. The predicted octanol–water partition coefficient (Wildman–Crippen LogP) is 0.0908. The molecule has 3 nitrogen and oxygen atoms in total. The number of rotatable bonds is 0. The van der Waals surface area contributed by atoms with Crippen LogP contribution in [0, 0.1) is 0 Å². The van der Waals surface area contributed by atoms with E-state index in [1.165, 1.54) is 0 Å². The van der Waals surface area contributed by atoms with Crippen molar-refractivity contribution in [2.75, 3.05) is 6.61 Å². The molecule has 2 aliphatic heterocycles. The first-order chi connectivity index (χ1) is 4.34. The van der Waals surface area contributed by atoms with Gasteiger partial charge in [-0.2, -0.15) is 0 Å². The summed E-state index contributed by atoms with van der Waals surface area (Å²) in [5.41, 5.74) is 0. The second-order valence-electron chi connectivity index (χ2n) is 2.47. The third-order valence-electron chi connectivity index (χ3n) is 1.66. The molecule has 2 fully saturated rings. The van der Waals surface area contributed by atoms with E-state index in [0.717, 1.165) is 0 Å². The molecule has 0 amide bonds. The van der Waals surface area contributed by atoms with E-state index in [1.807, 2.05) is 0 Å². The topological polar surface area (TPSA) is 35.5 Å². The van der Waals surface area contributed by atoms with Gasteiger partial charge in [0.25, 0.3) is 0 Å². The van der Waals surface area contributed by atoms with Gasteiger partial charge in [0.1, 0.15) is 5.78 Å². The van der Waals surface area contributed by atoms with E-state index < -0.39 is 0 Å². The predicted molar refractivity (Wildman–Crippen MR) is 28.9 cm³/mol. The van der Waals surface area contributed by atoms with Crippen LogP contribution in [0.1, 0.15) is 12.8 Å². The number of ketones is 1. The highest BCUT2D eigenvalue weighted by atomic mass is 16.7. The number of carbonyl (C=O) groups excluding carboxylic acids is 1. The van der Waals surface area contributed by atoms with E-state index in [-0.39, 0.29) is 18.2 Å². The highest BCUT2D eigenvalue weighted by Crippen LogP contribution is 2.23. The monoisotopic (exact) mass is 128 g/mol. The van der Waals surface area contributed by atoms with Gasteiger partial charge in [0, 0.05) is 6.42 Å². The van der Waals surface area contributed by atoms with Gasteiger partial charge in [0.2, 0.25) is 0 Å². The van der Waals surface area contributed by atoms with Gasteiger partial charge >= 0.3 is 0 Å². The van der Waals surface area contributed by atoms with E-state index in [9.17, 15) is 4.79 Å². The second kappa shape index (κ2) is 1.78. The second-order valence-corrected chi connectivity index (χ2v) is 2.47. The van der Waals surface area contributed by atoms with Crippen molar-refractivity contribution in [2.24, 2.45) is 0 Å². The maximum Gasteiger partial charge on any atom is 0.165 e. The lowest BCUT2D eigenvalue weighted by atomic mass is 10.1. The van der Waals surface area contributed by atoms with Crippen LogP contribution in [0.2, 0.25) is 0 Å². The molecule has 0 N–H and O–H groups in total. The quantitative estimate of drug-likeness (QED) is 0.464. The minimum atomic E-state index is -0.212. The number of Topliss-reactive ketones (excluding diaryl/α,β-unsaturated/α-hetero) is 1. The molecule has 2 atom stereocenters. The summed E-state index contributed by atoms with van der Waals surface area (Å²) in [7, 11) is 0. The first-order valence-corrected chi connectivity index (χ1v) is 3.13. The summed E-state index contributed by atoms with van der Waals surface area (Å²) < 4.78 is 10.3. The Labute approximate surface area is 52.9 Å². The summed E-state index contributed by atoms with van der Waals surface area (Å²) in [5, 5.41) is 0. The number of fused-ring (bicyclic) bond motifs is 2. The molecule has 2 unspecified atom stereocenters. The molecule has 2 aliphatic rings. The van der Waals surface area contributed by atoms with Crippen LogP contribution in [0.5, 0.6) is 0 Å². The summed E-state index contributed by atoms with van der Waals surface area (Å²) >= 11 is 0.